The van der Waals surface area contributed by atoms with Gasteiger partial charge in [0.15, 0.2) is 0 Å². The van der Waals surface area contributed by atoms with Gasteiger partial charge in [-0.15, -0.1) is 0 Å². The highest BCUT2D eigenvalue weighted by Crippen LogP contribution is 2.38. The summed E-state index contributed by atoms with van der Waals surface area (Å²) in [4.78, 5) is 0. The lowest BCUT2D eigenvalue weighted by Crippen LogP contribution is -2.35. The summed E-state index contributed by atoms with van der Waals surface area (Å²) in [5.41, 5.74) is 5.47. The van der Waals surface area contributed by atoms with Crippen molar-refractivity contribution < 1.29 is 4.74 Å². The average molecular weight is 233 g/mol. The maximum Gasteiger partial charge on any atom is 0.125 e. The maximum atomic E-state index is 5.76. The minimum Gasteiger partial charge on any atom is -0.493 e. The minimum absolute atomic E-state index is 0.207. The Morgan fingerprint density at radius 3 is 2.71 bits per heavy atom. The van der Waals surface area contributed by atoms with Gasteiger partial charge in [0.05, 0.1) is 6.61 Å². The number of rotatable bonds is 2. The summed E-state index contributed by atoms with van der Waals surface area (Å²) in [7, 11) is 0. The number of benzene rings is 1. The normalized spacial score (nSPS) is 17.2. The van der Waals surface area contributed by atoms with Crippen LogP contribution in [0.5, 0.6) is 5.75 Å². The predicted octanol–water partition coefficient (Wildman–Crippen LogP) is 3.84. The standard InChI is InChI=1S/C15H23NO/c1-6-17-14-10(2)9-13-12(11(14)3)7-8-15(4,5)16-13/h9,16H,6-8H2,1-5H3. The molecular formula is C15H23NO. The van der Waals surface area contributed by atoms with E-state index in [9.17, 15) is 0 Å². The quantitative estimate of drug-likeness (QED) is 0.838. The van der Waals surface area contributed by atoms with Crippen LogP contribution in [0.2, 0.25) is 0 Å². The third-order valence-electron chi connectivity index (χ3n) is 3.60. The first-order chi connectivity index (χ1) is 7.94. The third kappa shape index (κ3) is 2.26. The molecular weight excluding hydrogens is 210 g/mol. The summed E-state index contributed by atoms with van der Waals surface area (Å²) >= 11 is 0. The van der Waals surface area contributed by atoms with E-state index in [2.05, 4.69) is 39.1 Å². The fourth-order valence-electron chi connectivity index (χ4n) is 2.67. The van der Waals surface area contributed by atoms with Crippen LogP contribution in [0.1, 0.15) is 43.9 Å². The van der Waals surface area contributed by atoms with Crippen LogP contribution >= 0.6 is 0 Å². The molecule has 0 saturated heterocycles. The molecule has 0 amide bonds. The summed E-state index contributed by atoms with van der Waals surface area (Å²) in [6.45, 7) is 11.6. The molecule has 0 radical (unpaired) electrons. The molecule has 0 unspecified atom stereocenters. The second-order valence-electron chi connectivity index (χ2n) is 5.62. The Bertz CT molecular complexity index is 435. The Labute approximate surface area is 104 Å². The van der Waals surface area contributed by atoms with Crippen molar-refractivity contribution in [2.75, 3.05) is 11.9 Å². The van der Waals surface area contributed by atoms with E-state index in [1.165, 1.54) is 28.8 Å². The molecule has 0 atom stereocenters. The number of anilines is 1. The van der Waals surface area contributed by atoms with Crippen molar-refractivity contribution in [1.82, 2.24) is 0 Å². The average Bonchev–Trinajstić information content (AvgIpc) is 2.22. The van der Waals surface area contributed by atoms with Crippen LogP contribution in [0.15, 0.2) is 6.07 Å². The van der Waals surface area contributed by atoms with Gasteiger partial charge >= 0.3 is 0 Å². The van der Waals surface area contributed by atoms with E-state index in [0.717, 1.165) is 18.8 Å². The highest BCUT2D eigenvalue weighted by molar-refractivity contribution is 5.64. The SMILES string of the molecule is CCOc1c(C)cc2c(c1C)CCC(C)(C)N2. The lowest BCUT2D eigenvalue weighted by atomic mass is 9.86. The fraction of sp³-hybridized carbons (Fsp3) is 0.600. The van der Waals surface area contributed by atoms with E-state index >= 15 is 0 Å². The number of aryl methyl sites for hydroxylation is 1. The van der Waals surface area contributed by atoms with Crippen molar-refractivity contribution >= 4 is 5.69 Å². The molecule has 0 spiro atoms. The van der Waals surface area contributed by atoms with Crippen molar-refractivity contribution in [2.45, 2.75) is 53.0 Å². The summed E-state index contributed by atoms with van der Waals surface area (Å²) < 4.78 is 5.76. The van der Waals surface area contributed by atoms with Gasteiger partial charge in [-0.1, -0.05) is 0 Å². The molecule has 2 rings (SSSR count). The predicted molar refractivity (Wildman–Crippen MR) is 73.1 cm³/mol. The summed E-state index contributed by atoms with van der Waals surface area (Å²) in [5.74, 6) is 1.08. The van der Waals surface area contributed by atoms with Crippen LogP contribution in [0.25, 0.3) is 0 Å². The summed E-state index contributed by atoms with van der Waals surface area (Å²) in [5, 5.41) is 3.63. The second kappa shape index (κ2) is 4.25. The number of hydrogen-bond acceptors (Lipinski definition) is 2. The van der Waals surface area contributed by atoms with Crippen LogP contribution in [0.4, 0.5) is 5.69 Å². The lowest BCUT2D eigenvalue weighted by molar-refractivity contribution is 0.334. The topological polar surface area (TPSA) is 21.3 Å². The molecule has 1 aromatic rings. The van der Waals surface area contributed by atoms with E-state index in [1.807, 2.05) is 6.92 Å². The molecule has 1 aromatic carbocycles. The Morgan fingerprint density at radius 2 is 2.06 bits per heavy atom. The minimum atomic E-state index is 0.207. The fourth-order valence-corrected chi connectivity index (χ4v) is 2.67. The van der Waals surface area contributed by atoms with Gasteiger partial charge in [0, 0.05) is 11.2 Å². The van der Waals surface area contributed by atoms with E-state index in [-0.39, 0.29) is 5.54 Å². The summed E-state index contributed by atoms with van der Waals surface area (Å²) in [6, 6.07) is 2.23. The second-order valence-corrected chi connectivity index (χ2v) is 5.62. The van der Waals surface area contributed by atoms with Crippen LogP contribution in [0.3, 0.4) is 0 Å². The van der Waals surface area contributed by atoms with Crippen LogP contribution in [-0.2, 0) is 6.42 Å². The Kier molecular flexibility index (Phi) is 3.07. The molecule has 1 aliphatic rings. The van der Waals surface area contributed by atoms with E-state index < -0.39 is 0 Å². The zero-order valence-corrected chi connectivity index (χ0v) is 11.6. The summed E-state index contributed by atoms with van der Waals surface area (Å²) in [6.07, 6.45) is 2.32. The van der Waals surface area contributed by atoms with Crippen LogP contribution in [-0.4, -0.2) is 12.1 Å². The van der Waals surface area contributed by atoms with Crippen molar-refractivity contribution in [3.05, 3.63) is 22.8 Å². The lowest BCUT2D eigenvalue weighted by Gasteiger charge is -2.35. The van der Waals surface area contributed by atoms with Crippen LogP contribution < -0.4 is 10.1 Å². The van der Waals surface area contributed by atoms with Gasteiger partial charge in [0.25, 0.3) is 0 Å². The molecule has 1 aliphatic heterocycles. The van der Waals surface area contributed by atoms with Crippen molar-refractivity contribution in [2.24, 2.45) is 0 Å². The number of hydrogen-bond donors (Lipinski definition) is 1. The van der Waals surface area contributed by atoms with Gasteiger partial charge in [-0.25, -0.2) is 0 Å². The molecule has 94 valence electrons. The molecule has 0 fully saturated rings. The highest BCUT2D eigenvalue weighted by Gasteiger charge is 2.26. The number of fused-ring (bicyclic) bond motifs is 1. The molecule has 2 nitrogen and oxygen atoms in total. The van der Waals surface area contributed by atoms with Crippen LogP contribution in [0, 0.1) is 13.8 Å². The maximum absolute atomic E-state index is 5.76. The first kappa shape index (κ1) is 12.3. The van der Waals surface area contributed by atoms with E-state index in [1.54, 1.807) is 0 Å². The first-order valence-electron chi connectivity index (χ1n) is 6.48. The van der Waals surface area contributed by atoms with Crippen molar-refractivity contribution in [3.63, 3.8) is 0 Å². The van der Waals surface area contributed by atoms with Gasteiger partial charge in [0.2, 0.25) is 0 Å². The largest absolute Gasteiger partial charge is 0.493 e. The van der Waals surface area contributed by atoms with Gasteiger partial charge in [-0.3, -0.25) is 0 Å². The molecule has 17 heavy (non-hydrogen) atoms. The highest BCUT2D eigenvalue weighted by atomic mass is 16.5. The zero-order valence-electron chi connectivity index (χ0n) is 11.6. The number of nitrogens with one attached hydrogen (secondary N) is 1. The monoisotopic (exact) mass is 233 g/mol. The molecule has 0 saturated carbocycles. The Hall–Kier alpha value is -1.18. The molecule has 0 aromatic heterocycles. The van der Waals surface area contributed by atoms with Gasteiger partial charge in [-0.2, -0.15) is 0 Å². The van der Waals surface area contributed by atoms with Crippen molar-refractivity contribution in [1.29, 1.82) is 0 Å². The smallest absolute Gasteiger partial charge is 0.125 e. The zero-order chi connectivity index (χ0) is 12.6. The van der Waals surface area contributed by atoms with Crippen molar-refractivity contribution in [3.8, 4) is 5.75 Å². The van der Waals surface area contributed by atoms with E-state index in [0.29, 0.717) is 0 Å². The first-order valence-corrected chi connectivity index (χ1v) is 6.48. The van der Waals surface area contributed by atoms with Gasteiger partial charge in [0.1, 0.15) is 5.75 Å². The third-order valence-corrected chi connectivity index (χ3v) is 3.60. The Balaban J connectivity index is 2.47. The van der Waals surface area contributed by atoms with Gasteiger partial charge < -0.3 is 10.1 Å². The van der Waals surface area contributed by atoms with E-state index in [4.69, 9.17) is 4.74 Å². The molecule has 0 aliphatic carbocycles. The number of ether oxygens (including phenoxy) is 1. The Morgan fingerprint density at radius 1 is 1.35 bits per heavy atom. The molecule has 1 N–H and O–H groups in total. The molecule has 1 heterocycles. The molecule has 2 heteroatoms. The van der Waals surface area contributed by atoms with Gasteiger partial charge in [-0.05, 0) is 70.2 Å². The molecule has 0 bridgehead atoms.